The zero-order valence-corrected chi connectivity index (χ0v) is 10.6. The Labute approximate surface area is 111 Å². The van der Waals surface area contributed by atoms with Gasteiger partial charge in [0.1, 0.15) is 5.75 Å². The maximum Gasteiger partial charge on any atom is 0.221 e. The minimum absolute atomic E-state index is 0.0347. The van der Waals surface area contributed by atoms with Crippen molar-refractivity contribution < 1.29 is 9.90 Å². The quantitative estimate of drug-likeness (QED) is 0.822. The summed E-state index contributed by atoms with van der Waals surface area (Å²) in [5.41, 5.74) is 1.09. The number of amides is 1. The van der Waals surface area contributed by atoms with Crippen molar-refractivity contribution in [3.8, 4) is 5.75 Å². The number of carbonyl (C=O) groups is 1. The van der Waals surface area contributed by atoms with Crippen LogP contribution >= 0.6 is 0 Å². The van der Waals surface area contributed by atoms with Crippen LogP contribution in [0.1, 0.15) is 12.0 Å². The van der Waals surface area contributed by atoms with E-state index in [9.17, 15) is 4.79 Å². The summed E-state index contributed by atoms with van der Waals surface area (Å²) in [4.78, 5) is 15.5. The zero-order chi connectivity index (χ0) is 13.5. The van der Waals surface area contributed by atoms with Crippen LogP contribution in [-0.2, 0) is 17.8 Å². The van der Waals surface area contributed by atoms with E-state index in [1.54, 1.807) is 24.7 Å². The van der Waals surface area contributed by atoms with Crippen molar-refractivity contribution in [3.63, 3.8) is 0 Å². The maximum atomic E-state index is 11.6. The Bertz CT molecular complexity index is 506. The number of carbonyl (C=O) groups excluding carboxylic acids is 1. The normalized spacial score (nSPS) is 10.3. The van der Waals surface area contributed by atoms with Crippen molar-refractivity contribution in [2.75, 3.05) is 6.54 Å². The molecule has 1 aromatic carbocycles. The number of benzene rings is 1. The molecule has 2 aromatic rings. The van der Waals surface area contributed by atoms with Crippen molar-refractivity contribution in [1.29, 1.82) is 0 Å². The second-order valence-corrected chi connectivity index (χ2v) is 4.32. The summed E-state index contributed by atoms with van der Waals surface area (Å²) < 4.78 is 1.87. The van der Waals surface area contributed by atoms with Crippen LogP contribution in [0, 0.1) is 0 Å². The lowest BCUT2D eigenvalue weighted by Crippen LogP contribution is -2.26. The van der Waals surface area contributed by atoms with Crippen LogP contribution in [0.4, 0.5) is 0 Å². The van der Waals surface area contributed by atoms with E-state index >= 15 is 0 Å². The van der Waals surface area contributed by atoms with Gasteiger partial charge in [-0.3, -0.25) is 4.79 Å². The summed E-state index contributed by atoms with van der Waals surface area (Å²) in [6, 6.07) is 7.01. The molecule has 1 aromatic heterocycles. The highest BCUT2D eigenvalue weighted by atomic mass is 16.3. The SMILES string of the molecule is O=C(CCn1ccnc1)NCCc1ccc(O)cc1. The Morgan fingerprint density at radius 1 is 1.32 bits per heavy atom. The van der Waals surface area contributed by atoms with Crippen molar-refractivity contribution in [3.05, 3.63) is 48.5 Å². The number of aromatic nitrogens is 2. The predicted octanol–water partition coefficient (Wildman–Crippen LogP) is 1.34. The van der Waals surface area contributed by atoms with Crippen LogP contribution in [0.2, 0.25) is 0 Å². The smallest absolute Gasteiger partial charge is 0.221 e. The Hall–Kier alpha value is -2.30. The molecular formula is C14H17N3O2. The van der Waals surface area contributed by atoms with E-state index in [0.717, 1.165) is 12.0 Å². The number of hydrogen-bond acceptors (Lipinski definition) is 3. The molecule has 1 heterocycles. The highest BCUT2D eigenvalue weighted by Gasteiger charge is 2.01. The molecule has 0 saturated carbocycles. The summed E-state index contributed by atoms with van der Waals surface area (Å²) >= 11 is 0. The maximum absolute atomic E-state index is 11.6. The Balaban J connectivity index is 1.65. The van der Waals surface area contributed by atoms with E-state index in [1.165, 1.54) is 0 Å². The molecule has 0 saturated heterocycles. The van der Waals surface area contributed by atoms with Crippen molar-refractivity contribution in [2.24, 2.45) is 0 Å². The number of nitrogens with zero attached hydrogens (tertiary/aromatic N) is 2. The fourth-order valence-electron chi connectivity index (χ4n) is 1.75. The van der Waals surface area contributed by atoms with Gasteiger partial charge in [0, 0.05) is 31.9 Å². The van der Waals surface area contributed by atoms with Crippen molar-refractivity contribution >= 4 is 5.91 Å². The van der Waals surface area contributed by atoms with Gasteiger partial charge in [0.2, 0.25) is 5.91 Å². The van der Waals surface area contributed by atoms with Crippen LogP contribution in [0.3, 0.4) is 0 Å². The van der Waals surface area contributed by atoms with Gasteiger partial charge in [-0.05, 0) is 24.1 Å². The molecule has 5 nitrogen and oxygen atoms in total. The second-order valence-electron chi connectivity index (χ2n) is 4.32. The second kappa shape index (κ2) is 6.58. The van der Waals surface area contributed by atoms with Gasteiger partial charge >= 0.3 is 0 Å². The molecule has 0 spiro atoms. The molecule has 0 fully saturated rings. The molecule has 5 heteroatoms. The monoisotopic (exact) mass is 259 g/mol. The van der Waals surface area contributed by atoms with E-state index in [4.69, 9.17) is 5.11 Å². The number of hydrogen-bond donors (Lipinski definition) is 2. The molecule has 100 valence electrons. The van der Waals surface area contributed by atoms with Gasteiger partial charge in [-0.1, -0.05) is 12.1 Å². The summed E-state index contributed by atoms with van der Waals surface area (Å²) in [6.07, 6.45) is 6.44. The molecule has 1 amide bonds. The summed E-state index contributed by atoms with van der Waals surface area (Å²) in [7, 11) is 0. The standard InChI is InChI=1S/C14H17N3O2/c18-13-3-1-12(2-4-13)5-7-16-14(19)6-9-17-10-8-15-11-17/h1-4,8,10-11,18H,5-7,9H2,(H,16,19). The van der Waals surface area contributed by atoms with E-state index < -0.39 is 0 Å². The molecular weight excluding hydrogens is 242 g/mol. The minimum Gasteiger partial charge on any atom is -0.508 e. The van der Waals surface area contributed by atoms with E-state index in [1.807, 2.05) is 22.9 Å². The molecule has 0 radical (unpaired) electrons. The average molecular weight is 259 g/mol. The molecule has 0 aliphatic carbocycles. The summed E-state index contributed by atoms with van der Waals surface area (Å²) in [5, 5.41) is 12.0. The Morgan fingerprint density at radius 2 is 2.11 bits per heavy atom. The van der Waals surface area contributed by atoms with Crippen LogP contribution < -0.4 is 5.32 Å². The highest BCUT2D eigenvalue weighted by molar-refractivity contribution is 5.75. The van der Waals surface area contributed by atoms with Crippen LogP contribution in [-0.4, -0.2) is 27.1 Å². The molecule has 0 unspecified atom stereocenters. The first-order valence-electron chi connectivity index (χ1n) is 6.24. The number of phenolic OH excluding ortho intramolecular Hbond substituents is 1. The Morgan fingerprint density at radius 3 is 2.79 bits per heavy atom. The average Bonchev–Trinajstić information content (AvgIpc) is 2.92. The molecule has 0 atom stereocenters. The van der Waals surface area contributed by atoms with E-state index in [2.05, 4.69) is 10.3 Å². The van der Waals surface area contributed by atoms with Gasteiger partial charge in [-0.2, -0.15) is 0 Å². The third-order valence-electron chi connectivity index (χ3n) is 2.83. The number of rotatable bonds is 6. The Kier molecular flexibility index (Phi) is 4.55. The van der Waals surface area contributed by atoms with Gasteiger partial charge in [0.05, 0.1) is 6.33 Å². The predicted molar refractivity (Wildman–Crippen MR) is 71.7 cm³/mol. The molecule has 2 N–H and O–H groups in total. The van der Waals surface area contributed by atoms with Crippen molar-refractivity contribution in [1.82, 2.24) is 14.9 Å². The summed E-state index contributed by atoms with van der Waals surface area (Å²) in [5.74, 6) is 0.292. The third kappa shape index (κ3) is 4.46. The topological polar surface area (TPSA) is 67.2 Å². The van der Waals surface area contributed by atoms with Gasteiger partial charge in [0.15, 0.2) is 0 Å². The lowest BCUT2D eigenvalue weighted by molar-refractivity contribution is -0.121. The van der Waals surface area contributed by atoms with E-state index in [0.29, 0.717) is 19.5 Å². The van der Waals surface area contributed by atoms with Gasteiger partial charge in [-0.25, -0.2) is 4.98 Å². The fraction of sp³-hybridized carbons (Fsp3) is 0.286. The van der Waals surface area contributed by atoms with E-state index in [-0.39, 0.29) is 11.7 Å². The third-order valence-corrected chi connectivity index (χ3v) is 2.83. The van der Waals surface area contributed by atoms with Gasteiger partial charge < -0.3 is 15.0 Å². The minimum atomic E-state index is 0.0347. The number of phenols is 1. The first-order chi connectivity index (χ1) is 9.24. The largest absolute Gasteiger partial charge is 0.508 e. The molecule has 0 aliphatic rings. The van der Waals surface area contributed by atoms with Crippen LogP contribution in [0.5, 0.6) is 5.75 Å². The van der Waals surface area contributed by atoms with Crippen LogP contribution in [0.15, 0.2) is 43.0 Å². The molecule has 2 rings (SSSR count). The molecule has 0 aliphatic heterocycles. The highest BCUT2D eigenvalue weighted by Crippen LogP contribution is 2.09. The summed E-state index contributed by atoms with van der Waals surface area (Å²) in [6.45, 7) is 1.25. The molecule has 19 heavy (non-hydrogen) atoms. The number of aryl methyl sites for hydroxylation is 1. The fourth-order valence-corrected chi connectivity index (χ4v) is 1.75. The number of imidazole rings is 1. The van der Waals surface area contributed by atoms with Crippen LogP contribution in [0.25, 0.3) is 0 Å². The number of nitrogens with one attached hydrogen (secondary N) is 1. The molecule has 0 bridgehead atoms. The number of aromatic hydroxyl groups is 1. The van der Waals surface area contributed by atoms with Gasteiger partial charge in [-0.15, -0.1) is 0 Å². The zero-order valence-electron chi connectivity index (χ0n) is 10.6. The first kappa shape index (κ1) is 13.1. The first-order valence-corrected chi connectivity index (χ1v) is 6.24. The lowest BCUT2D eigenvalue weighted by atomic mass is 10.1. The van der Waals surface area contributed by atoms with Gasteiger partial charge in [0.25, 0.3) is 0 Å². The van der Waals surface area contributed by atoms with Crippen molar-refractivity contribution in [2.45, 2.75) is 19.4 Å². The lowest BCUT2D eigenvalue weighted by Gasteiger charge is -2.06.